The zero-order valence-corrected chi connectivity index (χ0v) is 22.3. The van der Waals surface area contributed by atoms with E-state index in [9.17, 15) is 13.2 Å². The predicted molar refractivity (Wildman–Crippen MR) is 148 cm³/mol. The van der Waals surface area contributed by atoms with Gasteiger partial charge in [-0.15, -0.1) is 0 Å². The lowest BCUT2D eigenvalue weighted by atomic mass is 10.1. The molecule has 3 N–H and O–H groups in total. The summed E-state index contributed by atoms with van der Waals surface area (Å²) < 4.78 is 33.7. The van der Waals surface area contributed by atoms with Crippen molar-refractivity contribution < 1.29 is 20.8 Å². The molecule has 1 fully saturated rings. The van der Waals surface area contributed by atoms with E-state index < -0.39 is 15.9 Å². The van der Waals surface area contributed by atoms with Crippen molar-refractivity contribution in [2.24, 2.45) is 5.92 Å². The number of carbonyl (C=O) groups excluding carboxylic acids is 1. The van der Waals surface area contributed by atoms with E-state index in [2.05, 4.69) is 42.3 Å². The number of carbonyl (C=O) groups is 1. The van der Waals surface area contributed by atoms with Crippen LogP contribution in [0, 0.1) is 5.92 Å². The van der Waals surface area contributed by atoms with Crippen molar-refractivity contribution in [2.45, 2.75) is 57.6 Å². The molecular formula is C27H37N5O4S. The largest absolute Gasteiger partial charge is 0.493 e. The van der Waals surface area contributed by atoms with Crippen LogP contribution in [-0.2, 0) is 10.0 Å². The van der Waals surface area contributed by atoms with Crippen LogP contribution in [0.4, 0.5) is 11.6 Å². The van der Waals surface area contributed by atoms with Crippen LogP contribution >= 0.6 is 0 Å². The van der Waals surface area contributed by atoms with E-state index >= 15 is 0 Å². The number of sulfonamides is 1. The van der Waals surface area contributed by atoms with Crippen LogP contribution in [0.25, 0.3) is 11.3 Å². The molecule has 0 saturated carbocycles. The van der Waals surface area contributed by atoms with Gasteiger partial charge in [0.25, 0.3) is 15.9 Å². The summed E-state index contributed by atoms with van der Waals surface area (Å²) in [4.78, 5) is 24.1. The van der Waals surface area contributed by atoms with Crippen LogP contribution in [0.15, 0.2) is 59.6 Å². The Morgan fingerprint density at radius 2 is 1.81 bits per heavy atom. The first-order valence-electron chi connectivity index (χ1n) is 12.4. The molecule has 0 radical (unpaired) electrons. The van der Waals surface area contributed by atoms with Crippen LogP contribution in [0.2, 0.25) is 0 Å². The highest BCUT2D eigenvalue weighted by Gasteiger charge is 2.33. The van der Waals surface area contributed by atoms with E-state index in [1.807, 2.05) is 24.3 Å². The second-order valence-corrected chi connectivity index (χ2v) is 11.4. The number of hydrogen-bond donors (Lipinski definition) is 2. The number of nitrogens with zero attached hydrogens (tertiary/aromatic N) is 3. The SMILES string of the molecule is CC(C)COc1cccc(-c2ccc(C(=O)NS(=O)(=O)c3cccc(N)n3)c(N3[C@H](C)CC[C@@H]3C)n2)c1.[HH].[HH]. The van der Waals surface area contributed by atoms with Gasteiger partial charge in [0.05, 0.1) is 17.9 Å². The van der Waals surface area contributed by atoms with Crippen LogP contribution in [-0.4, -0.2) is 43.0 Å². The van der Waals surface area contributed by atoms with Crippen LogP contribution in [0.3, 0.4) is 0 Å². The van der Waals surface area contributed by atoms with Gasteiger partial charge in [0, 0.05) is 20.5 Å². The average Bonchev–Trinajstić information content (AvgIpc) is 3.19. The Kier molecular flexibility index (Phi) is 7.68. The molecule has 10 heteroatoms. The van der Waals surface area contributed by atoms with Crippen molar-refractivity contribution in [3.63, 3.8) is 0 Å². The smallest absolute Gasteiger partial charge is 0.281 e. The minimum absolute atomic E-state index is 0. The van der Waals surface area contributed by atoms with Crippen LogP contribution in [0.1, 0.15) is 53.7 Å². The molecule has 9 nitrogen and oxygen atoms in total. The maximum absolute atomic E-state index is 13.3. The molecule has 1 saturated heterocycles. The normalized spacial score (nSPS) is 17.7. The Morgan fingerprint density at radius 1 is 1.11 bits per heavy atom. The molecule has 1 amide bonds. The topological polar surface area (TPSA) is 128 Å². The van der Waals surface area contributed by atoms with Gasteiger partial charge in [-0.25, -0.2) is 14.7 Å². The minimum atomic E-state index is -4.23. The highest BCUT2D eigenvalue weighted by Crippen LogP contribution is 2.34. The third kappa shape index (κ3) is 6.02. The van der Waals surface area contributed by atoms with E-state index in [1.54, 1.807) is 12.1 Å². The minimum Gasteiger partial charge on any atom is -0.493 e. The number of hydrogen-bond acceptors (Lipinski definition) is 8. The predicted octanol–water partition coefficient (Wildman–Crippen LogP) is 4.75. The van der Waals surface area contributed by atoms with Gasteiger partial charge in [0.2, 0.25) is 0 Å². The Bertz CT molecular complexity index is 1390. The van der Waals surface area contributed by atoms with Gasteiger partial charge in [-0.2, -0.15) is 8.42 Å². The van der Waals surface area contributed by atoms with E-state index in [0.29, 0.717) is 24.0 Å². The van der Waals surface area contributed by atoms with Gasteiger partial charge in [-0.3, -0.25) is 4.79 Å². The fraction of sp³-hybridized carbons (Fsp3) is 0.370. The highest BCUT2D eigenvalue weighted by molar-refractivity contribution is 7.90. The third-order valence-corrected chi connectivity index (χ3v) is 7.51. The Balaban J connectivity index is 0.00000267. The molecule has 1 aliphatic heterocycles. The molecule has 4 rings (SSSR count). The molecule has 0 spiro atoms. The number of anilines is 2. The Labute approximate surface area is 221 Å². The lowest BCUT2D eigenvalue weighted by molar-refractivity contribution is 0.0981. The number of amides is 1. The number of nitrogen functional groups attached to an aromatic ring is 1. The molecule has 0 aliphatic carbocycles. The van der Waals surface area contributed by atoms with Crippen molar-refractivity contribution in [1.82, 2.24) is 14.7 Å². The molecule has 3 aromatic rings. The summed E-state index contributed by atoms with van der Waals surface area (Å²) in [6.45, 7) is 8.92. The summed E-state index contributed by atoms with van der Waals surface area (Å²) >= 11 is 0. The monoisotopic (exact) mass is 527 g/mol. The van der Waals surface area contributed by atoms with E-state index in [0.717, 1.165) is 24.2 Å². The number of rotatable bonds is 8. The molecule has 1 aromatic carbocycles. The standard InChI is InChI=1S/C27H33N5O4S.2H2/c1-17(2)16-36-21-8-5-7-20(15-21)23-14-13-22(26(29-23)32-18(3)11-12-19(32)4)27(33)31-37(34,35)25-10-6-9-24(28)30-25;;/h5-10,13-15,17-19H,11-12,16H2,1-4H3,(H2,28,30)(H,31,33);2*1H/t18-,19+;;. The summed E-state index contributed by atoms with van der Waals surface area (Å²) in [7, 11) is -4.23. The lowest BCUT2D eigenvalue weighted by Gasteiger charge is -2.29. The van der Waals surface area contributed by atoms with Crippen molar-refractivity contribution in [2.75, 3.05) is 17.2 Å². The number of benzene rings is 1. The molecule has 2 atom stereocenters. The van der Waals surface area contributed by atoms with Crippen LogP contribution < -0.4 is 20.1 Å². The summed E-state index contributed by atoms with van der Waals surface area (Å²) in [5, 5.41) is -0.326. The molecule has 3 heterocycles. The van der Waals surface area contributed by atoms with E-state index in [4.69, 9.17) is 15.5 Å². The number of aromatic nitrogens is 2. The number of ether oxygens (including phenoxy) is 1. The van der Waals surface area contributed by atoms with Crippen molar-refractivity contribution in [3.05, 3.63) is 60.2 Å². The second-order valence-electron chi connectivity index (χ2n) is 9.82. The average molecular weight is 528 g/mol. The van der Waals surface area contributed by atoms with Gasteiger partial charge in [0.1, 0.15) is 17.4 Å². The summed E-state index contributed by atoms with van der Waals surface area (Å²) in [6.07, 6.45) is 1.89. The number of pyridine rings is 2. The van der Waals surface area contributed by atoms with Gasteiger partial charge in [0.15, 0.2) is 5.03 Å². The third-order valence-electron chi connectivity index (χ3n) is 6.28. The first kappa shape index (κ1) is 26.4. The van der Waals surface area contributed by atoms with Crippen molar-refractivity contribution in [3.8, 4) is 17.0 Å². The van der Waals surface area contributed by atoms with E-state index in [1.165, 1.54) is 18.2 Å². The number of nitrogens with one attached hydrogen (secondary N) is 1. The summed E-state index contributed by atoms with van der Waals surface area (Å²) in [6, 6.07) is 15.5. The fourth-order valence-corrected chi connectivity index (χ4v) is 5.36. The van der Waals surface area contributed by atoms with Gasteiger partial charge < -0.3 is 15.4 Å². The Morgan fingerprint density at radius 3 is 2.49 bits per heavy atom. The zero-order chi connectivity index (χ0) is 26.7. The summed E-state index contributed by atoms with van der Waals surface area (Å²) in [5.74, 6) is 0.833. The van der Waals surface area contributed by atoms with E-state index in [-0.39, 0.29) is 31.3 Å². The molecule has 0 unspecified atom stereocenters. The van der Waals surface area contributed by atoms with Gasteiger partial charge >= 0.3 is 0 Å². The molecule has 37 heavy (non-hydrogen) atoms. The van der Waals surface area contributed by atoms with Gasteiger partial charge in [-0.05, 0) is 69.0 Å². The summed E-state index contributed by atoms with van der Waals surface area (Å²) in [5.41, 5.74) is 7.31. The molecule has 2 aromatic heterocycles. The first-order valence-corrected chi connectivity index (χ1v) is 13.9. The van der Waals surface area contributed by atoms with Gasteiger partial charge in [-0.1, -0.05) is 32.0 Å². The fourth-order valence-electron chi connectivity index (χ4n) is 4.41. The maximum Gasteiger partial charge on any atom is 0.281 e. The quantitative estimate of drug-likeness (QED) is 0.430. The maximum atomic E-state index is 13.3. The first-order chi connectivity index (χ1) is 17.5. The van der Waals surface area contributed by atoms with Crippen LogP contribution in [0.5, 0.6) is 5.75 Å². The molecule has 1 aliphatic rings. The van der Waals surface area contributed by atoms with Crippen molar-refractivity contribution in [1.29, 1.82) is 0 Å². The molecular weight excluding hydrogens is 490 g/mol. The second kappa shape index (κ2) is 10.8. The number of nitrogens with two attached hydrogens (primary N) is 1. The molecule has 0 bridgehead atoms. The lowest BCUT2D eigenvalue weighted by Crippen LogP contribution is -2.37. The Hall–Kier alpha value is -3.66. The zero-order valence-electron chi connectivity index (χ0n) is 21.5. The highest BCUT2D eigenvalue weighted by atomic mass is 32.2. The van der Waals surface area contributed by atoms with Crippen molar-refractivity contribution >= 4 is 27.6 Å². The molecule has 200 valence electrons.